The molecule has 47 heavy (non-hydrogen) atoms. The van der Waals surface area contributed by atoms with E-state index in [9.17, 15) is 31.5 Å². The molecule has 1 atom stereocenters. The highest BCUT2D eigenvalue weighted by molar-refractivity contribution is 7.88. The number of benzene rings is 2. The zero-order valence-electron chi connectivity index (χ0n) is 25.8. The predicted octanol–water partition coefficient (Wildman–Crippen LogP) is 3.90. The second-order valence-corrected chi connectivity index (χ2v) is 15.0. The highest BCUT2D eigenvalue weighted by Gasteiger charge is 2.44. The van der Waals surface area contributed by atoms with Gasteiger partial charge in [0.1, 0.15) is 0 Å². The lowest BCUT2D eigenvalue weighted by atomic mass is 9.77. The number of rotatable bonds is 6. The van der Waals surface area contributed by atoms with Gasteiger partial charge in [-0.15, -0.1) is 0 Å². The van der Waals surface area contributed by atoms with Crippen LogP contribution in [0.3, 0.4) is 0 Å². The quantitative estimate of drug-likeness (QED) is 0.381. The predicted molar refractivity (Wildman–Crippen MR) is 171 cm³/mol. The summed E-state index contributed by atoms with van der Waals surface area (Å²) in [5.74, 6) is 5.55. The standard InChI is InChI=1S/C33H35ClF3N5O4S/c1-47(45,46)41-15-10-29-27(21-41)30(39-42(29)20-26(43)19-40-16-12-32(13-17-40)11-14-38-31(32)44)24-6-9-28(33(35,36)37)23(18-24)5-2-22-3-7-25(34)8-4-22/h3-4,6-9,18,26,43H,10-17,19-21H2,1H3,(H,38,44). The van der Waals surface area contributed by atoms with Gasteiger partial charge in [-0.05, 0) is 68.8 Å². The summed E-state index contributed by atoms with van der Waals surface area (Å²) in [6, 6.07) is 10.0. The minimum absolute atomic E-state index is 0.00265. The van der Waals surface area contributed by atoms with Crippen LogP contribution in [0.4, 0.5) is 13.2 Å². The topological polar surface area (TPSA) is 108 Å². The van der Waals surface area contributed by atoms with Gasteiger partial charge in [0.2, 0.25) is 15.9 Å². The number of alkyl halides is 3. The lowest BCUT2D eigenvalue weighted by Gasteiger charge is -2.38. The summed E-state index contributed by atoms with van der Waals surface area (Å²) in [7, 11) is -3.56. The van der Waals surface area contributed by atoms with Gasteiger partial charge in [-0.3, -0.25) is 9.48 Å². The second kappa shape index (κ2) is 12.9. The van der Waals surface area contributed by atoms with E-state index in [2.05, 4.69) is 22.1 Å². The molecule has 2 N–H and O–H groups in total. The number of halogens is 4. The number of β-amino-alcohol motifs (C(OH)–C–C–N with tert-alkyl or cyclic N) is 1. The van der Waals surface area contributed by atoms with Crippen LogP contribution in [-0.2, 0) is 40.5 Å². The summed E-state index contributed by atoms with van der Waals surface area (Å²) in [4.78, 5) is 14.5. The molecular weight excluding hydrogens is 655 g/mol. The fraction of sp³-hybridized carbons (Fsp3) is 0.455. The van der Waals surface area contributed by atoms with Crippen molar-refractivity contribution in [1.82, 2.24) is 24.3 Å². The Kier molecular flexibility index (Phi) is 9.19. The number of nitrogens with zero attached hydrogens (tertiary/aromatic N) is 4. The van der Waals surface area contributed by atoms with E-state index in [-0.39, 0.29) is 36.5 Å². The molecule has 1 spiro atoms. The normalized spacial score (nSPS) is 19.2. The van der Waals surface area contributed by atoms with Crippen molar-refractivity contribution in [2.45, 2.75) is 51.1 Å². The van der Waals surface area contributed by atoms with E-state index in [1.807, 2.05) is 0 Å². The Hall–Kier alpha value is -3.41. The molecule has 1 unspecified atom stereocenters. The fourth-order valence-corrected chi connectivity index (χ4v) is 7.67. The van der Waals surface area contributed by atoms with Crippen LogP contribution in [0.15, 0.2) is 42.5 Å². The maximum atomic E-state index is 14.0. The van der Waals surface area contributed by atoms with E-state index < -0.39 is 27.9 Å². The number of likely N-dealkylation sites (tertiary alicyclic amines) is 1. The zero-order valence-corrected chi connectivity index (χ0v) is 27.4. The number of fused-ring (bicyclic) bond motifs is 1. The molecule has 3 aromatic rings. The van der Waals surface area contributed by atoms with Crippen LogP contribution < -0.4 is 5.32 Å². The summed E-state index contributed by atoms with van der Waals surface area (Å²) >= 11 is 5.93. The van der Waals surface area contributed by atoms with Crippen LogP contribution in [-0.4, -0.2) is 83.5 Å². The van der Waals surface area contributed by atoms with Crippen molar-refractivity contribution in [2.24, 2.45) is 5.41 Å². The molecule has 0 radical (unpaired) electrons. The maximum absolute atomic E-state index is 14.0. The van der Waals surface area contributed by atoms with Crippen molar-refractivity contribution in [1.29, 1.82) is 0 Å². The third-order valence-corrected chi connectivity index (χ3v) is 10.9. The average molecular weight is 690 g/mol. The molecular formula is C33H35ClF3N5O4S. The number of aliphatic hydroxyl groups is 1. The molecule has 3 aliphatic rings. The van der Waals surface area contributed by atoms with Gasteiger partial charge in [-0.1, -0.05) is 29.5 Å². The fourth-order valence-electron chi connectivity index (χ4n) is 6.76. The zero-order chi connectivity index (χ0) is 33.6. The minimum atomic E-state index is -4.66. The maximum Gasteiger partial charge on any atom is 0.417 e. The number of carbonyl (C=O) groups is 1. The molecule has 0 saturated carbocycles. The first-order valence-corrected chi connectivity index (χ1v) is 17.7. The van der Waals surface area contributed by atoms with Gasteiger partial charge in [-0.25, -0.2) is 8.42 Å². The van der Waals surface area contributed by atoms with Crippen LogP contribution in [0, 0.1) is 17.3 Å². The SMILES string of the molecule is CS(=O)(=O)N1CCc2c(c(-c3ccc(C(F)(F)F)c(C#Cc4ccc(Cl)cc4)c3)nn2CC(O)CN2CCC3(CCNC3=O)CC2)C1. The van der Waals surface area contributed by atoms with Crippen LogP contribution in [0.1, 0.15) is 47.2 Å². The van der Waals surface area contributed by atoms with Gasteiger partial charge in [0, 0.05) is 65.6 Å². The summed E-state index contributed by atoms with van der Waals surface area (Å²) in [5, 5.41) is 19.3. The van der Waals surface area contributed by atoms with Crippen molar-refractivity contribution >= 4 is 27.5 Å². The molecule has 250 valence electrons. The lowest BCUT2D eigenvalue weighted by molar-refractivity contribution is -0.137. The number of aromatic nitrogens is 2. The first kappa shape index (κ1) is 33.5. The number of hydrogen-bond acceptors (Lipinski definition) is 6. The van der Waals surface area contributed by atoms with Crippen LogP contribution >= 0.6 is 11.6 Å². The number of aliphatic hydroxyl groups excluding tert-OH is 1. The first-order valence-electron chi connectivity index (χ1n) is 15.4. The summed E-state index contributed by atoms with van der Waals surface area (Å²) in [6.45, 7) is 2.76. The highest BCUT2D eigenvalue weighted by Crippen LogP contribution is 2.39. The van der Waals surface area contributed by atoms with Crippen molar-refractivity contribution in [2.75, 3.05) is 39.0 Å². The average Bonchev–Trinajstić information content (AvgIpc) is 3.56. The van der Waals surface area contributed by atoms with E-state index in [0.29, 0.717) is 60.0 Å². The third kappa shape index (κ3) is 7.22. The van der Waals surface area contributed by atoms with Gasteiger partial charge in [0.25, 0.3) is 0 Å². The largest absolute Gasteiger partial charge is 0.417 e. The number of amides is 1. The van der Waals surface area contributed by atoms with Crippen LogP contribution in [0.5, 0.6) is 0 Å². The van der Waals surface area contributed by atoms with Gasteiger partial charge in [0.15, 0.2) is 0 Å². The molecule has 4 heterocycles. The Morgan fingerprint density at radius 2 is 1.79 bits per heavy atom. The molecule has 2 saturated heterocycles. The Balaban J connectivity index is 1.30. The van der Waals surface area contributed by atoms with E-state index in [1.54, 1.807) is 28.9 Å². The van der Waals surface area contributed by atoms with Crippen molar-refractivity contribution in [3.05, 3.63) is 75.4 Å². The number of sulfonamides is 1. The molecule has 6 rings (SSSR count). The molecule has 0 aliphatic carbocycles. The highest BCUT2D eigenvalue weighted by atomic mass is 35.5. The Morgan fingerprint density at radius 3 is 2.43 bits per heavy atom. The Bertz CT molecular complexity index is 1840. The number of carbonyl (C=O) groups excluding carboxylic acids is 1. The molecule has 9 nitrogen and oxygen atoms in total. The van der Waals surface area contributed by atoms with Gasteiger partial charge >= 0.3 is 6.18 Å². The number of nitrogens with one attached hydrogen (secondary N) is 1. The molecule has 14 heteroatoms. The summed E-state index contributed by atoms with van der Waals surface area (Å²) < 4.78 is 70.0. The minimum Gasteiger partial charge on any atom is -0.390 e. The first-order chi connectivity index (χ1) is 22.2. The smallest absolute Gasteiger partial charge is 0.390 e. The van der Waals surface area contributed by atoms with E-state index in [0.717, 1.165) is 37.3 Å². The number of piperidine rings is 1. The van der Waals surface area contributed by atoms with Crippen molar-refractivity contribution in [3.63, 3.8) is 0 Å². The van der Waals surface area contributed by atoms with E-state index in [1.165, 1.54) is 16.4 Å². The van der Waals surface area contributed by atoms with Gasteiger partial charge in [0.05, 0.1) is 35.6 Å². The molecule has 2 aromatic carbocycles. The summed E-state index contributed by atoms with van der Waals surface area (Å²) in [6.07, 6.45) is -1.75. The van der Waals surface area contributed by atoms with Gasteiger partial charge in [-0.2, -0.15) is 22.6 Å². The van der Waals surface area contributed by atoms with Crippen LogP contribution in [0.2, 0.25) is 5.02 Å². The van der Waals surface area contributed by atoms with E-state index in [4.69, 9.17) is 16.7 Å². The molecule has 0 bridgehead atoms. The van der Waals surface area contributed by atoms with Crippen molar-refractivity contribution in [3.8, 4) is 23.1 Å². The molecule has 1 amide bonds. The monoisotopic (exact) mass is 689 g/mol. The van der Waals surface area contributed by atoms with E-state index >= 15 is 0 Å². The molecule has 1 aromatic heterocycles. The van der Waals surface area contributed by atoms with Crippen molar-refractivity contribution < 1.29 is 31.5 Å². The lowest BCUT2D eigenvalue weighted by Crippen LogP contribution is -2.46. The van der Waals surface area contributed by atoms with Gasteiger partial charge < -0.3 is 15.3 Å². The van der Waals surface area contributed by atoms with Crippen LogP contribution in [0.25, 0.3) is 11.3 Å². The Labute approximate surface area is 276 Å². The Morgan fingerprint density at radius 1 is 1.06 bits per heavy atom. The third-order valence-electron chi connectivity index (χ3n) is 9.39. The number of hydrogen-bond donors (Lipinski definition) is 2. The summed E-state index contributed by atoms with van der Waals surface area (Å²) in [5.41, 5.74) is 1.03. The molecule has 2 fully saturated rings. The second-order valence-electron chi connectivity index (χ2n) is 12.6. The molecule has 3 aliphatic heterocycles.